The SMILES string of the molecule is OC1(CF)CCCCNC1. The van der Waals surface area contributed by atoms with Crippen molar-refractivity contribution in [2.45, 2.75) is 24.9 Å². The Balaban J connectivity index is 2.41. The molecule has 10 heavy (non-hydrogen) atoms. The lowest BCUT2D eigenvalue weighted by molar-refractivity contribution is 0.0123. The molecule has 0 spiro atoms. The van der Waals surface area contributed by atoms with Gasteiger partial charge in [-0.05, 0) is 25.8 Å². The van der Waals surface area contributed by atoms with Gasteiger partial charge in [0, 0.05) is 6.54 Å². The molecule has 2 nitrogen and oxygen atoms in total. The number of halogens is 1. The Kier molecular flexibility index (Phi) is 2.63. The Bertz CT molecular complexity index is 99.8. The number of rotatable bonds is 1. The minimum atomic E-state index is -1.07. The third-order valence-corrected chi connectivity index (χ3v) is 1.95. The summed E-state index contributed by atoms with van der Waals surface area (Å²) in [6.45, 7) is 0.686. The molecule has 0 aromatic rings. The van der Waals surface area contributed by atoms with Gasteiger partial charge in [0.05, 0.1) is 0 Å². The zero-order valence-corrected chi connectivity index (χ0v) is 6.07. The lowest BCUT2D eigenvalue weighted by Crippen LogP contribution is -2.40. The summed E-state index contributed by atoms with van der Waals surface area (Å²) in [5.41, 5.74) is -1.07. The van der Waals surface area contributed by atoms with Crippen LogP contribution in [0.25, 0.3) is 0 Å². The Hall–Kier alpha value is -0.150. The molecule has 3 heteroatoms. The summed E-state index contributed by atoms with van der Waals surface area (Å²) in [5.74, 6) is 0. The first kappa shape index (κ1) is 7.95. The van der Waals surface area contributed by atoms with Crippen LogP contribution in [0.15, 0.2) is 0 Å². The van der Waals surface area contributed by atoms with Crippen molar-refractivity contribution in [3.8, 4) is 0 Å². The fourth-order valence-corrected chi connectivity index (χ4v) is 1.23. The Morgan fingerprint density at radius 2 is 2.30 bits per heavy atom. The van der Waals surface area contributed by atoms with Gasteiger partial charge in [0.2, 0.25) is 0 Å². The molecule has 2 N–H and O–H groups in total. The minimum absolute atomic E-state index is 0.406. The van der Waals surface area contributed by atoms with Crippen LogP contribution < -0.4 is 5.32 Å². The molecular weight excluding hydrogens is 133 g/mol. The molecule has 1 aliphatic rings. The average molecular weight is 147 g/mol. The Morgan fingerprint density at radius 1 is 1.50 bits per heavy atom. The van der Waals surface area contributed by atoms with Crippen LogP contribution in [0.2, 0.25) is 0 Å². The van der Waals surface area contributed by atoms with Crippen LogP contribution in [0.5, 0.6) is 0 Å². The maximum Gasteiger partial charge on any atom is 0.119 e. The molecule has 0 aromatic carbocycles. The first-order chi connectivity index (χ1) is 4.77. The molecule has 0 amide bonds. The zero-order chi connectivity index (χ0) is 7.45. The number of hydrogen-bond donors (Lipinski definition) is 2. The van der Waals surface area contributed by atoms with E-state index in [1.54, 1.807) is 0 Å². The van der Waals surface area contributed by atoms with Gasteiger partial charge in [-0.2, -0.15) is 0 Å². The summed E-state index contributed by atoms with van der Waals surface area (Å²) >= 11 is 0. The van der Waals surface area contributed by atoms with Crippen LogP contribution >= 0.6 is 0 Å². The molecule has 0 radical (unpaired) electrons. The van der Waals surface area contributed by atoms with Gasteiger partial charge in [0.25, 0.3) is 0 Å². The molecule has 0 bridgehead atoms. The fourth-order valence-electron chi connectivity index (χ4n) is 1.23. The van der Waals surface area contributed by atoms with Gasteiger partial charge in [-0.3, -0.25) is 0 Å². The summed E-state index contributed by atoms with van der Waals surface area (Å²) in [7, 11) is 0. The average Bonchev–Trinajstić information content (AvgIpc) is 2.15. The first-order valence-electron chi connectivity index (χ1n) is 3.76. The van der Waals surface area contributed by atoms with Crippen molar-refractivity contribution in [2.75, 3.05) is 19.8 Å². The van der Waals surface area contributed by atoms with E-state index in [-0.39, 0.29) is 0 Å². The highest BCUT2D eigenvalue weighted by Crippen LogP contribution is 2.16. The molecule has 1 saturated heterocycles. The minimum Gasteiger partial charge on any atom is -0.386 e. The van der Waals surface area contributed by atoms with Crippen LogP contribution in [0, 0.1) is 0 Å². The predicted octanol–water partition coefficient (Wildman–Crippen LogP) is 0.460. The molecule has 60 valence electrons. The van der Waals surface area contributed by atoms with Crippen molar-refractivity contribution < 1.29 is 9.50 Å². The number of β-amino-alcohol motifs (C(OH)–C–C–N with tert-alkyl or cyclic N) is 1. The maximum absolute atomic E-state index is 12.2. The number of nitrogens with one attached hydrogen (secondary N) is 1. The van der Waals surface area contributed by atoms with Crippen molar-refractivity contribution in [3.05, 3.63) is 0 Å². The van der Waals surface area contributed by atoms with E-state index in [1.165, 1.54) is 0 Å². The van der Waals surface area contributed by atoms with E-state index < -0.39 is 12.3 Å². The largest absolute Gasteiger partial charge is 0.386 e. The van der Waals surface area contributed by atoms with Gasteiger partial charge in [-0.1, -0.05) is 0 Å². The summed E-state index contributed by atoms with van der Waals surface area (Å²) in [6, 6.07) is 0. The topological polar surface area (TPSA) is 32.3 Å². The molecular formula is C7H14FNO. The first-order valence-corrected chi connectivity index (χ1v) is 3.76. The summed E-state index contributed by atoms with van der Waals surface area (Å²) in [6.07, 6.45) is 2.56. The van der Waals surface area contributed by atoms with E-state index in [0.717, 1.165) is 19.4 Å². The monoisotopic (exact) mass is 147 g/mol. The van der Waals surface area contributed by atoms with E-state index in [9.17, 15) is 9.50 Å². The smallest absolute Gasteiger partial charge is 0.119 e. The molecule has 1 atom stereocenters. The maximum atomic E-state index is 12.2. The third kappa shape index (κ3) is 1.92. The molecule has 1 rings (SSSR count). The van der Waals surface area contributed by atoms with E-state index >= 15 is 0 Å². The van der Waals surface area contributed by atoms with E-state index in [4.69, 9.17) is 0 Å². The van der Waals surface area contributed by atoms with Crippen molar-refractivity contribution in [3.63, 3.8) is 0 Å². The number of hydrogen-bond acceptors (Lipinski definition) is 2. The molecule has 1 aliphatic heterocycles. The second kappa shape index (κ2) is 3.30. The highest BCUT2D eigenvalue weighted by atomic mass is 19.1. The zero-order valence-electron chi connectivity index (χ0n) is 6.07. The van der Waals surface area contributed by atoms with Gasteiger partial charge < -0.3 is 10.4 Å². The summed E-state index contributed by atoms with van der Waals surface area (Å²) in [5, 5.41) is 12.4. The standard InChI is InChI=1S/C7H14FNO/c8-5-7(10)3-1-2-4-9-6-7/h9-10H,1-6H2. The molecule has 0 aromatic heterocycles. The molecule has 0 saturated carbocycles. The van der Waals surface area contributed by atoms with Crippen molar-refractivity contribution in [2.24, 2.45) is 0 Å². The van der Waals surface area contributed by atoms with Gasteiger partial charge in [0.1, 0.15) is 12.3 Å². The second-order valence-electron chi connectivity index (χ2n) is 2.99. The quantitative estimate of drug-likeness (QED) is 0.564. The lowest BCUT2D eigenvalue weighted by atomic mass is 10.0. The van der Waals surface area contributed by atoms with Crippen LogP contribution in [-0.2, 0) is 0 Å². The van der Waals surface area contributed by atoms with Crippen molar-refractivity contribution in [1.82, 2.24) is 5.32 Å². The van der Waals surface area contributed by atoms with Gasteiger partial charge in [-0.25, -0.2) is 4.39 Å². The van der Waals surface area contributed by atoms with Crippen molar-refractivity contribution >= 4 is 0 Å². The Morgan fingerprint density at radius 3 is 3.00 bits per heavy atom. The molecule has 1 unspecified atom stereocenters. The second-order valence-corrected chi connectivity index (χ2v) is 2.99. The van der Waals surface area contributed by atoms with Gasteiger partial charge in [-0.15, -0.1) is 0 Å². The van der Waals surface area contributed by atoms with E-state index in [2.05, 4.69) is 5.32 Å². The normalized spacial score (nSPS) is 35.4. The van der Waals surface area contributed by atoms with Crippen LogP contribution in [0.4, 0.5) is 4.39 Å². The third-order valence-electron chi connectivity index (χ3n) is 1.95. The number of aliphatic hydroxyl groups is 1. The Labute approximate surface area is 60.4 Å². The number of alkyl halides is 1. The summed E-state index contributed by atoms with van der Waals surface area (Å²) < 4.78 is 12.2. The van der Waals surface area contributed by atoms with Crippen LogP contribution in [-0.4, -0.2) is 30.5 Å². The van der Waals surface area contributed by atoms with Crippen LogP contribution in [0.3, 0.4) is 0 Å². The summed E-state index contributed by atoms with van der Waals surface area (Å²) in [4.78, 5) is 0. The fraction of sp³-hybridized carbons (Fsp3) is 1.00. The molecule has 1 heterocycles. The lowest BCUT2D eigenvalue weighted by Gasteiger charge is -2.21. The van der Waals surface area contributed by atoms with E-state index in [0.29, 0.717) is 13.0 Å². The highest BCUT2D eigenvalue weighted by Gasteiger charge is 2.27. The predicted molar refractivity (Wildman–Crippen MR) is 37.6 cm³/mol. The van der Waals surface area contributed by atoms with Crippen LogP contribution in [0.1, 0.15) is 19.3 Å². The van der Waals surface area contributed by atoms with Crippen molar-refractivity contribution in [1.29, 1.82) is 0 Å². The molecule has 0 aliphatic carbocycles. The van der Waals surface area contributed by atoms with Gasteiger partial charge in [0.15, 0.2) is 0 Å². The van der Waals surface area contributed by atoms with Gasteiger partial charge >= 0.3 is 0 Å². The van der Waals surface area contributed by atoms with E-state index in [1.807, 2.05) is 0 Å². The molecule has 1 fully saturated rings. The highest BCUT2D eigenvalue weighted by molar-refractivity contribution is 4.82.